The lowest BCUT2D eigenvalue weighted by Crippen LogP contribution is -2.43. The molecule has 0 aromatic carbocycles. The third-order valence-corrected chi connectivity index (χ3v) is 7.63. The molecule has 0 aromatic rings. The van der Waals surface area contributed by atoms with Crippen LogP contribution >= 0.6 is 0 Å². The monoisotopic (exact) mass is 571 g/mol. The van der Waals surface area contributed by atoms with Crippen molar-refractivity contribution in [1.29, 1.82) is 0 Å². The normalized spacial score (nSPS) is 11.9. The maximum atomic E-state index is 12.4. The van der Waals surface area contributed by atoms with E-state index in [9.17, 15) is 4.79 Å². The molecule has 0 atom stereocenters. The van der Waals surface area contributed by atoms with Crippen molar-refractivity contribution in [2.45, 2.75) is 156 Å². The molecule has 0 spiro atoms. The van der Waals surface area contributed by atoms with E-state index < -0.39 is 0 Å². The molecule has 240 valence electrons. The van der Waals surface area contributed by atoms with Gasteiger partial charge in [-0.05, 0) is 59.8 Å². The van der Waals surface area contributed by atoms with Crippen LogP contribution in [0.1, 0.15) is 144 Å². The van der Waals surface area contributed by atoms with Gasteiger partial charge in [0.2, 0.25) is 0 Å². The molecule has 0 aromatic heterocycles. The number of esters is 1. The number of hydrogen-bond acceptors (Lipinski definition) is 6. The number of carbonyl (C=O) groups excluding carboxylic acids is 1. The summed E-state index contributed by atoms with van der Waals surface area (Å²) in [6.07, 6.45) is 18.9. The average Bonchev–Trinajstić information content (AvgIpc) is 2.92. The fraction of sp³-hybridized carbons (Fsp3) is 0.971. The highest BCUT2D eigenvalue weighted by atomic mass is 16.5. The largest absolute Gasteiger partial charge is 0.466 e. The molecule has 6 nitrogen and oxygen atoms in total. The van der Waals surface area contributed by atoms with Gasteiger partial charge in [-0.3, -0.25) is 9.69 Å². The minimum atomic E-state index is -0.0824. The van der Waals surface area contributed by atoms with E-state index in [0.717, 1.165) is 84.7 Å². The first kappa shape index (κ1) is 39.3. The Kier molecular flexibility index (Phi) is 29.3. The summed E-state index contributed by atoms with van der Waals surface area (Å²) in [5.41, 5.74) is 0. The molecule has 0 radical (unpaired) electrons. The Morgan fingerprint density at radius 1 is 0.525 bits per heavy atom. The quantitative estimate of drug-likeness (QED) is 0.0618. The van der Waals surface area contributed by atoms with Crippen LogP contribution in [0.4, 0.5) is 0 Å². The number of hydrogen-bond donors (Lipinski definition) is 0. The van der Waals surface area contributed by atoms with Crippen LogP contribution in [-0.2, 0) is 19.0 Å². The van der Waals surface area contributed by atoms with Crippen molar-refractivity contribution in [2.75, 3.05) is 59.2 Å². The molecule has 0 aliphatic carbocycles. The van der Waals surface area contributed by atoms with Gasteiger partial charge >= 0.3 is 5.97 Å². The predicted molar refractivity (Wildman–Crippen MR) is 171 cm³/mol. The van der Waals surface area contributed by atoms with Crippen LogP contribution in [-0.4, -0.2) is 87.1 Å². The lowest BCUT2D eigenvalue weighted by molar-refractivity contribution is -0.144. The van der Waals surface area contributed by atoms with Crippen LogP contribution in [0.2, 0.25) is 0 Å². The molecule has 0 aliphatic heterocycles. The van der Waals surface area contributed by atoms with Crippen LogP contribution in [0.25, 0.3) is 0 Å². The second kappa shape index (κ2) is 29.8. The SMILES string of the molecule is CCCCCCCCCCCOCCCCOC(=O)CCN(CCCOCCCCC)CCN(C(C)C)C(C)C. The van der Waals surface area contributed by atoms with Crippen LogP contribution in [0.15, 0.2) is 0 Å². The molecule has 0 saturated carbocycles. The minimum Gasteiger partial charge on any atom is -0.466 e. The second-order valence-corrected chi connectivity index (χ2v) is 12.1. The van der Waals surface area contributed by atoms with Crippen molar-refractivity contribution in [1.82, 2.24) is 9.80 Å². The topological polar surface area (TPSA) is 51.2 Å². The Bertz CT molecular complexity index is 522. The first-order valence-electron chi connectivity index (χ1n) is 17.2. The molecular weight excluding hydrogens is 500 g/mol. The molecule has 40 heavy (non-hydrogen) atoms. The molecule has 0 heterocycles. The van der Waals surface area contributed by atoms with Gasteiger partial charge < -0.3 is 19.1 Å². The fourth-order valence-corrected chi connectivity index (χ4v) is 5.08. The van der Waals surface area contributed by atoms with Gasteiger partial charge in [0.25, 0.3) is 0 Å². The number of ether oxygens (including phenoxy) is 3. The summed E-state index contributed by atoms with van der Waals surface area (Å²) in [6.45, 7) is 21.0. The van der Waals surface area contributed by atoms with Crippen LogP contribution < -0.4 is 0 Å². The van der Waals surface area contributed by atoms with Crippen LogP contribution in [0.5, 0.6) is 0 Å². The number of carbonyl (C=O) groups is 1. The van der Waals surface area contributed by atoms with Crippen molar-refractivity contribution in [2.24, 2.45) is 0 Å². The zero-order valence-electron chi connectivity index (χ0n) is 27.9. The molecule has 0 N–H and O–H groups in total. The van der Waals surface area contributed by atoms with Crippen molar-refractivity contribution in [3.05, 3.63) is 0 Å². The summed E-state index contributed by atoms with van der Waals surface area (Å²) in [5.74, 6) is -0.0824. The number of unbranched alkanes of at least 4 members (excludes halogenated alkanes) is 11. The van der Waals surface area contributed by atoms with Gasteiger partial charge in [0.1, 0.15) is 0 Å². The second-order valence-electron chi connectivity index (χ2n) is 12.1. The molecule has 0 fully saturated rings. The van der Waals surface area contributed by atoms with E-state index in [1.54, 1.807) is 0 Å². The standard InChI is InChI=1S/C34H70N2O4/c1-7-9-11-12-13-14-15-16-18-28-38-29-19-20-31-40-34(37)22-24-35(23-21-30-39-27-17-10-8-2)25-26-36(32(3)4)33(5)6/h32-33H,7-31H2,1-6H3. The van der Waals surface area contributed by atoms with E-state index in [-0.39, 0.29) is 5.97 Å². The molecule has 0 aliphatic rings. The molecule has 0 rings (SSSR count). The maximum Gasteiger partial charge on any atom is 0.307 e. The van der Waals surface area contributed by atoms with Crippen LogP contribution in [0, 0.1) is 0 Å². The average molecular weight is 571 g/mol. The summed E-state index contributed by atoms with van der Waals surface area (Å²) in [4.78, 5) is 17.3. The van der Waals surface area contributed by atoms with E-state index >= 15 is 0 Å². The van der Waals surface area contributed by atoms with E-state index in [0.29, 0.717) is 25.1 Å². The summed E-state index contributed by atoms with van der Waals surface area (Å²) < 4.78 is 17.1. The molecule has 0 saturated heterocycles. The predicted octanol–water partition coefficient (Wildman–Crippen LogP) is 8.27. The van der Waals surface area contributed by atoms with E-state index in [4.69, 9.17) is 14.2 Å². The Morgan fingerprint density at radius 2 is 0.975 bits per heavy atom. The highest BCUT2D eigenvalue weighted by Gasteiger charge is 2.16. The minimum absolute atomic E-state index is 0.0824. The third kappa shape index (κ3) is 26.2. The summed E-state index contributed by atoms with van der Waals surface area (Å²) in [6, 6.07) is 1.03. The Balaban J connectivity index is 3.98. The first-order valence-corrected chi connectivity index (χ1v) is 17.2. The summed E-state index contributed by atoms with van der Waals surface area (Å²) in [7, 11) is 0. The van der Waals surface area contributed by atoms with Crippen molar-refractivity contribution < 1.29 is 19.0 Å². The molecule has 6 heteroatoms. The smallest absolute Gasteiger partial charge is 0.307 e. The van der Waals surface area contributed by atoms with Crippen molar-refractivity contribution in [3.63, 3.8) is 0 Å². The lowest BCUT2D eigenvalue weighted by Gasteiger charge is -2.33. The van der Waals surface area contributed by atoms with E-state index in [1.807, 2.05) is 0 Å². The van der Waals surface area contributed by atoms with Gasteiger partial charge in [-0.15, -0.1) is 0 Å². The summed E-state index contributed by atoms with van der Waals surface area (Å²) in [5, 5.41) is 0. The van der Waals surface area contributed by atoms with Gasteiger partial charge in [0, 0.05) is 64.7 Å². The van der Waals surface area contributed by atoms with Gasteiger partial charge in [0.05, 0.1) is 13.0 Å². The van der Waals surface area contributed by atoms with Gasteiger partial charge in [-0.25, -0.2) is 0 Å². The molecule has 0 amide bonds. The summed E-state index contributed by atoms with van der Waals surface area (Å²) >= 11 is 0. The Hall–Kier alpha value is -0.690. The Labute approximate surface area is 250 Å². The number of nitrogens with zero attached hydrogens (tertiary/aromatic N) is 2. The Morgan fingerprint density at radius 3 is 1.55 bits per heavy atom. The zero-order chi connectivity index (χ0) is 29.7. The third-order valence-electron chi connectivity index (χ3n) is 7.63. The van der Waals surface area contributed by atoms with E-state index in [1.165, 1.54) is 64.2 Å². The van der Waals surface area contributed by atoms with Gasteiger partial charge in [-0.2, -0.15) is 0 Å². The maximum absolute atomic E-state index is 12.4. The molecule has 0 unspecified atom stereocenters. The van der Waals surface area contributed by atoms with E-state index in [2.05, 4.69) is 51.3 Å². The van der Waals surface area contributed by atoms with Crippen molar-refractivity contribution >= 4 is 5.97 Å². The van der Waals surface area contributed by atoms with Crippen LogP contribution in [0.3, 0.4) is 0 Å². The number of rotatable bonds is 31. The fourth-order valence-electron chi connectivity index (χ4n) is 5.08. The zero-order valence-corrected chi connectivity index (χ0v) is 27.9. The molecule has 0 bridgehead atoms. The first-order chi connectivity index (χ1) is 19.4. The van der Waals surface area contributed by atoms with Crippen molar-refractivity contribution in [3.8, 4) is 0 Å². The molecular formula is C34H70N2O4. The highest BCUT2D eigenvalue weighted by molar-refractivity contribution is 5.69. The lowest BCUT2D eigenvalue weighted by atomic mass is 10.1. The van der Waals surface area contributed by atoms with Gasteiger partial charge in [-0.1, -0.05) is 78.1 Å². The van der Waals surface area contributed by atoms with Gasteiger partial charge in [0.15, 0.2) is 0 Å². The highest BCUT2D eigenvalue weighted by Crippen LogP contribution is 2.10.